The molecule has 3 heterocycles. The van der Waals surface area contributed by atoms with Crippen LogP contribution in [-0.4, -0.2) is 36.3 Å². The van der Waals surface area contributed by atoms with E-state index in [2.05, 4.69) is 31.0 Å². The summed E-state index contributed by atoms with van der Waals surface area (Å²) in [6.45, 7) is 0.949. The summed E-state index contributed by atoms with van der Waals surface area (Å²) in [6, 6.07) is 9.50. The van der Waals surface area contributed by atoms with E-state index in [0.717, 1.165) is 31.4 Å². The first-order valence-electron chi connectivity index (χ1n) is 8.23. The number of nitrogens with zero attached hydrogens (tertiary/aromatic N) is 6. The van der Waals surface area contributed by atoms with Gasteiger partial charge in [-0.25, -0.2) is 4.68 Å². The molecule has 1 N–H and O–H groups in total. The molecule has 25 heavy (non-hydrogen) atoms. The zero-order chi connectivity index (χ0) is 17.1. The molecule has 2 aromatic heterocycles. The van der Waals surface area contributed by atoms with Crippen LogP contribution in [-0.2, 0) is 17.9 Å². The van der Waals surface area contributed by atoms with E-state index in [4.69, 9.17) is 4.52 Å². The lowest BCUT2D eigenvalue weighted by Crippen LogP contribution is -2.30. The van der Waals surface area contributed by atoms with Gasteiger partial charge in [-0.15, -0.1) is 5.10 Å². The first-order chi connectivity index (χ1) is 12.3. The Hall–Kier alpha value is -3.10. The van der Waals surface area contributed by atoms with Crippen molar-refractivity contribution < 1.29 is 9.32 Å². The molecule has 0 radical (unpaired) electrons. The van der Waals surface area contributed by atoms with Crippen molar-refractivity contribution in [1.82, 2.24) is 35.7 Å². The summed E-state index contributed by atoms with van der Waals surface area (Å²) in [6.07, 6.45) is 2.64. The maximum absolute atomic E-state index is 12.6. The minimum atomic E-state index is -0.349. The van der Waals surface area contributed by atoms with Gasteiger partial charge in [-0.3, -0.25) is 4.79 Å². The number of aryl methyl sites for hydroxylation is 1. The molecule has 9 nitrogen and oxygen atoms in total. The van der Waals surface area contributed by atoms with Gasteiger partial charge >= 0.3 is 0 Å². The third-order valence-electron chi connectivity index (χ3n) is 4.21. The summed E-state index contributed by atoms with van der Waals surface area (Å²) in [7, 11) is 0. The molecule has 0 saturated carbocycles. The van der Waals surface area contributed by atoms with Gasteiger partial charge in [0.1, 0.15) is 0 Å². The van der Waals surface area contributed by atoms with Crippen molar-refractivity contribution in [3.63, 3.8) is 0 Å². The van der Waals surface area contributed by atoms with Crippen molar-refractivity contribution in [2.45, 2.75) is 38.3 Å². The van der Waals surface area contributed by atoms with Crippen molar-refractivity contribution >= 4 is 5.91 Å². The third kappa shape index (κ3) is 3.25. The number of fused-ring (bicyclic) bond motifs is 1. The van der Waals surface area contributed by atoms with Gasteiger partial charge in [-0.1, -0.05) is 29.8 Å². The Balaban J connectivity index is 1.42. The monoisotopic (exact) mass is 339 g/mol. The molecule has 0 bridgehead atoms. The normalized spacial score (nSPS) is 16.9. The van der Waals surface area contributed by atoms with Gasteiger partial charge in [0.25, 0.3) is 5.89 Å². The third-order valence-corrected chi connectivity index (χ3v) is 4.21. The molecule has 3 aromatic rings. The van der Waals surface area contributed by atoms with E-state index in [9.17, 15) is 4.79 Å². The molecule has 0 spiro atoms. The molecule has 0 fully saturated rings. The SMILES string of the molecule is O=C(NCc1noc(-c2ccccc2)n1)[C@H]1CCCCn2nnnc21. The van der Waals surface area contributed by atoms with Crippen molar-refractivity contribution in [1.29, 1.82) is 0 Å². The molecule has 1 aliphatic rings. The highest BCUT2D eigenvalue weighted by molar-refractivity contribution is 5.82. The average molecular weight is 339 g/mol. The first-order valence-corrected chi connectivity index (χ1v) is 8.23. The molecular formula is C16H17N7O2. The molecule has 0 aliphatic carbocycles. The summed E-state index contributed by atoms with van der Waals surface area (Å²) in [4.78, 5) is 16.9. The zero-order valence-electron chi connectivity index (χ0n) is 13.5. The fraction of sp³-hybridized carbons (Fsp3) is 0.375. The fourth-order valence-corrected chi connectivity index (χ4v) is 2.92. The van der Waals surface area contributed by atoms with Gasteiger partial charge in [0, 0.05) is 12.1 Å². The lowest BCUT2D eigenvalue weighted by Gasteiger charge is -2.12. The summed E-state index contributed by atoms with van der Waals surface area (Å²) in [5.41, 5.74) is 0.843. The maximum Gasteiger partial charge on any atom is 0.257 e. The standard InChI is InChI=1S/C16H17N7O2/c24-15(12-8-4-5-9-23-14(12)19-21-22-23)17-10-13-18-16(25-20-13)11-6-2-1-3-7-11/h1-3,6-7,12H,4-5,8-10H2,(H,17,24)/t12-/m0/s1. The van der Waals surface area contributed by atoms with Gasteiger partial charge in [-0.2, -0.15) is 4.98 Å². The van der Waals surface area contributed by atoms with Crippen LogP contribution in [0.25, 0.3) is 11.5 Å². The van der Waals surface area contributed by atoms with Crippen LogP contribution in [0, 0.1) is 0 Å². The van der Waals surface area contributed by atoms with Crippen molar-refractivity contribution in [3.8, 4) is 11.5 Å². The van der Waals surface area contributed by atoms with Crippen LogP contribution in [0.4, 0.5) is 0 Å². The molecular weight excluding hydrogens is 322 g/mol. The Morgan fingerprint density at radius 3 is 3.04 bits per heavy atom. The average Bonchev–Trinajstić information content (AvgIpc) is 3.26. The minimum Gasteiger partial charge on any atom is -0.348 e. The number of aromatic nitrogens is 6. The Morgan fingerprint density at radius 1 is 1.28 bits per heavy atom. The van der Waals surface area contributed by atoms with Crippen LogP contribution in [0.5, 0.6) is 0 Å². The number of rotatable bonds is 4. The van der Waals surface area contributed by atoms with E-state index in [-0.39, 0.29) is 18.4 Å². The van der Waals surface area contributed by atoms with Gasteiger partial charge in [0.05, 0.1) is 12.5 Å². The number of hydrogen-bond donors (Lipinski definition) is 1. The molecule has 1 amide bonds. The number of amides is 1. The largest absolute Gasteiger partial charge is 0.348 e. The van der Waals surface area contributed by atoms with E-state index >= 15 is 0 Å². The van der Waals surface area contributed by atoms with Crippen LogP contribution >= 0.6 is 0 Å². The number of carbonyl (C=O) groups is 1. The number of tetrazole rings is 1. The number of hydrogen-bond acceptors (Lipinski definition) is 7. The minimum absolute atomic E-state index is 0.121. The number of carbonyl (C=O) groups excluding carboxylic acids is 1. The molecule has 0 unspecified atom stereocenters. The lowest BCUT2D eigenvalue weighted by molar-refractivity contribution is -0.123. The second-order valence-corrected chi connectivity index (χ2v) is 5.91. The quantitative estimate of drug-likeness (QED) is 0.762. The number of benzene rings is 1. The van der Waals surface area contributed by atoms with Crippen LogP contribution in [0.2, 0.25) is 0 Å². The van der Waals surface area contributed by atoms with Crippen molar-refractivity contribution in [2.24, 2.45) is 0 Å². The maximum atomic E-state index is 12.6. The molecule has 1 atom stereocenters. The molecule has 4 rings (SSSR count). The Labute approximate surface area is 143 Å². The molecule has 128 valence electrons. The highest BCUT2D eigenvalue weighted by Gasteiger charge is 2.28. The van der Waals surface area contributed by atoms with Crippen molar-refractivity contribution in [2.75, 3.05) is 0 Å². The fourth-order valence-electron chi connectivity index (χ4n) is 2.92. The molecule has 9 heteroatoms. The Kier molecular flexibility index (Phi) is 4.19. The highest BCUT2D eigenvalue weighted by Crippen LogP contribution is 2.24. The van der Waals surface area contributed by atoms with E-state index in [1.165, 1.54) is 0 Å². The van der Waals surface area contributed by atoms with E-state index in [1.54, 1.807) is 4.68 Å². The number of nitrogens with one attached hydrogen (secondary N) is 1. The zero-order valence-corrected chi connectivity index (χ0v) is 13.5. The Morgan fingerprint density at radius 2 is 2.16 bits per heavy atom. The first kappa shape index (κ1) is 15.4. The van der Waals surface area contributed by atoms with Crippen LogP contribution in [0.1, 0.15) is 36.8 Å². The van der Waals surface area contributed by atoms with Crippen LogP contribution < -0.4 is 5.32 Å². The summed E-state index contributed by atoms with van der Waals surface area (Å²) in [5.74, 6) is 1.01. The van der Waals surface area contributed by atoms with Crippen LogP contribution in [0.3, 0.4) is 0 Å². The van der Waals surface area contributed by atoms with Gasteiger partial charge in [0.2, 0.25) is 5.91 Å². The summed E-state index contributed by atoms with van der Waals surface area (Å²) >= 11 is 0. The van der Waals surface area contributed by atoms with E-state index in [0.29, 0.717) is 17.5 Å². The van der Waals surface area contributed by atoms with Gasteiger partial charge in [-0.05, 0) is 35.4 Å². The highest BCUT2D eigenvalue weighted by atomic mass is 16.5. The van der Waals surface area contributed by atoms with E-state index < -0.39 is 0 Å². The van der Waals surface area contributed by atoms with Gasteiger partial charge < -0.3 is 9.84 Å². The predicted octanol–water partition coefficient (Wildman–Crippen LogP) is 1.31. The summed E-state index contributed by atoms with van der Waals surface area (Å²) < 4.78 is 6.95. The van der Waals surface area contributed by atoms with E-state index in [1.807, 2.05) is 30.3 Å². The summed E-state index contributed by atoms with van der Waals surface area (Å²) in [5, 5.41) is 18.4. The second kappa shape index (κ2) is 6.80. The molecule has 1 aliphatic heterocycles. The smallest absolute Gasteiger partial charge is 0.257 e. The van der Waals surface area contributed by atoms with Crippen molar-refractivity contribution in [3.05, 3.63) is 42.0 Å². The lowest BCUT2D eigenvalue weighted by atomic mass is 10.0. The molecule has 0 saturated heterocycles. The van der Waals surface area contributed by atoms with Gasteiger partial charge in [0.15, 0.2) is 11.6 Å². The second-order valence-electron chi connectivity index (χ2n) is 5.91. The predicted molar refractivity (Wildman–Crippen MR) is 86.0 cm³/mol. The molecule has 1 aromatic carbocycles. The Bertz CT molecular complexity index is 858. The topological polar surface area (TPSA) is 112 Å². The van der Waals surface area contributed by atoms with Crippen LogP contribution in [0.15, 0.2) is 34.9 Å².